The van der Waals surface area contributed by atoms with Gasteiger partial charge in [-0.25, -0.2) is 0 Å². The molecule has 0 bridgehead atoms. The zero-order chi connectivity index (χ0) is 13.6. The van der Waals surface area contributed by atoms with Crippen molar-refractivity contribution in [1.82, 2.24) is 23.5 Å². The minimum Gasteiger partial charge on any atom is -0.268 e. The van der Waals surface area contributed by atoms with Gasteiger partial charge in [0, 0.05) is 5.92 Å². The molecule has 0 atom stereocenters. The topological polar surface area (TPSA) is 59.4 Å². The molecular formula is C11H10ClN5S2. The Hall–Kier alpha value is -1.31. The van der Waals surface area contributed by atoms with E-state index in [9.17, 15) is 0 Å². The summed E-state index contributed by atoms with van der Waals surface area (Å²) in [7, 11) is 0. The van der Waals surface area contributed by atoms with Crippen LogP contribution in [0.2, 0.25) is 5.02 Å². The molecule has 3 rings (SSSR count). The summed E-state index contributed by atoms with van der Waals surface area (Å²) < 4.78 is 10.9. The average Bonchev–Trinajstić information content (AvgIpc) is 2.96. The van der Waals surface area contributed by atoms with Crippen molar-refractivity contribution in [1.29, 1.82) is 0 Å². The molecule has 0 aliphatic rings. The van der Waals surface area contributed by atoms with Crippen molar-refractivity contribution in [2.24, 2.45) is 0 Å². The molecule has 0 amide bonds. The minimum absolute atomic E-state index is 0.214. The van der Waals surface area contributed by atoms with E-state index in [4.69, 9.17) is 23.8 Å². The second-order valence-corrected chi connectivity index (χ2v) is 5.73. The van der Waals surface area contributed by atoms with Crippen LogP contribution in [-0.2, 0) is 0 Å². The number of hydrogen-bond acceptors (Lipinski definition) is 5. The Balaban J connectivity index is 2.42. The van der Waals surface area contributed by atoms with Gasteiger partial charge in [-0.3, -0.25) is 9.67 Å². The van der Waals surface area contributed by atoms with E-state index in [-0.39, 0.29) is 5.92 Å². The fraction of sp³-hybridized carbons (Fsp3) is 0.273. The van der Waals surface area contributed by atoms with Crippen LogP contribution in [-0.4, -0.2) is 23.5 Å². The SMILES string of the molecule is CC(C)c1n[nH]c(=S)n1-c1c(Cl)ccc2nsnc12. The van der Waals surface area contributed by atoms with E-state index in [0.717, 1.165) is 34.3 Å². The predicted octanol–water partition coefficient (Wildman–Crippen LogP) is 3.71. The number of aromatic nitrogens is 5. The quantitative estimate of drug-likeness (QED) is 0.733. The summed E-state index contributed by atoms with van der Waals surface area (Å²) in [6.45, 7) is 4.10. The number of nitrogens with one attached hydrogen (secondary N) is 1. The van der Waals surface area contributed by atoms with E-state index in [0.29, 0.717) is 9.79 Å². The van der Waals surface area contributed by atoms with Crippen LogP contribution in [0.5, 0.6) is 0 Å². The van der Waals surface area contributed by atoms with Crippen molar-refractivity contribution in [2.75, 3.05) is 0 Å². The van der Waals surface area contributed by atoms with Crippen LogP contribution < -0.4 is 0 Å². The monoisotopic (exact) mass is 311 g/mol. The maximum Gasteiger partial charge on any atom is 0.200 e. The van der Waals surface area contributed by atoms with E-state index in [1.807, 2.05) is 10.6 Å². The molecule has 0 spiro atoms. The van der Waals surface area contributed by atoms with Gasteiger partial charge in [0.1, 0.15) is 16.9 Å². The largest absolute Gasteiger partial charge is 0.268 e. The van der Waals surface area contributed by atoms with Crippen LogP contribution in [0.4, 0.5) is 0 Å². The molecule has 1 N–H and O–H groups in total. The van der Waals surface area contributed by atoms with Crippen molar-refractivity contribution in [3.63, 3.8) is 0 Å². The van der Waals surface area contributed by atoms with Crippen LogP contribution in [0.1, 0.15) is 25.6 Å². The van der Waals surface area contributed by atoms with E-state index >= 15 is 0 Å². The number of nitrogens with zero attached hydrogens (tertiary/aromatic N) is 4. The van der Waals surface area contributed by atoms with Crippen molar-refractivity contribution in [3.05, 3.63) is 27.8 Å². The van der Waals surface area contributed by atoms with Gasteiger partial charge in [0.05, 0.1) is 22.4 Å². The molecule has 0 radical (unpaired) electrons. The zero-order valence-electron chi connectivity index (χ0n) is 10.2. The lowest BCUT2D eigenvalue weighted by molar-refractivity contribution is 0.745. The van der Waals surface area contributed by atoms with E-state index in [2.05, 4.69) is 32.8 Å². The van der Waals surface area contributed by atoms with Crippen LogP contribution >= 0.6 is 35.5 Å². The third-order valence-electron chi connectivity index (χ3n) is 2.79. The maximum atomic E-state index is 6.33. The Kier molecular flexibility index (Phi) is 3.12. The number of fused-ring (bicyclic) bond motifs is 1. The molecular weight excluding hydrogens is 302 g/mol. The summed E-state index contributed by atoms with van der Waals surface area (Å²) in [6.07, 6.45) is 0. The number of benzene rings is 1. The van der Waals surface area contributed by atoms with E-state index < -0.39 is 0 Å². The van der Waals surface area contributed by atoms with Crippen molar-refractivity contribution in [3.8, 4) is 5.69 Å². The van der Waals surface area contributed by atoms with Crippen LogP contribution in [0, 0.1) is 4.77 Å². The summed E-state index contributed by atoms with van der Waals surface area (Å²) in [5.74, 6) is 1.04. The zero-order valence-corrected chi connectivity index (χ0v) is 12.6. The van der Waals surface area contributed by atoms with Gasteiger partial charge in [0.25, 0.3) is 0 Å². The highest BCUT2D eigenvalue weighted by Crippen LogP contribution is 2.30. The van der Waals surface area contributed by atoms with Crippen LogP contribution in [0.25, 0.3) is 16.7 Å². The fourth-order valence-electron chi connectivity index (χ4n) is 1.94. The van der Waals surface area contributed by atoms with E-state index in [1.165, 1.54) is 0 Å². The second-order valence-electron chi connectivity index (χ2n) is 4.41. The summed E-state index contributed by atoms with van der Waals surface area (Å²) in [6, 6.07) is 3.66. The molecule has 0 aliphatic heterocycles. The van der Waals surface area contributed by atoms with Crippen LogP contribution in [0.3, 0.4) is 0 Å². The van der Waals surface area contributed by atoms with Crippen molar-refractivity contribution >= 4 is 46.6 Å². The summed E-state index contributed by atoms with van der Waals surface area (Å²) in [4.78, 5) is 0. The lowest BCUT2D eigenvalue weighted by Crippen LogP contribution is -2.04. The predicted molar refractivity (Wildman–Crippen MR) is 78.8 cm³/mol. The molecule has 0 unspecified atom stereocenters. The van der Waals surface area contributed by atoms with Gasteiger partial charge < -0.3 is 0 Å². The Bertz CT molecular complexity index is 801. The maximum absolute atomic E-state index is 6.33. The molecule has 19 heavy (non-hydrogen) atoms. The van der Waals surface area contributed by atoms with Crippen LogP contribution in [0.15, 0.2) is 12.1 Å². The first kappa shape index (κ1) is 12.7. The first-order valence-electron chi connectivity index (χ1n) is 5.68. The molecule has 0 saturated carbocycles. The average molecular weight is 312 g/mol. The van der Waals surface area contributed by atoms with Gasteiger partial charge in [-0.1, -0.05) is 25.4 Å². The van der Waals surface area contributed by atoms with Gasteiger partial charge in [-0.15, -0.1) is 0 Å². The van der Waals surface area contributed by atoms with Gasteiger partial charge in [-0.2, -0.15) is 13.8 Å². The molecule has 1 aromatic carbocycles. The molecule has 0 aliphatic carbocycles. The third kappa shape index (κ3) is 1.98. The first-order valence-corrected chi connectivity index (χ1v) is 7.19. The number of halogens is 1. The number of hydrogen-bond donors (Lipinski definition) is 1. The fourth-order valence-corrected chi connectivity index (χ4v) is 2.94. The minimum atomic E-state index is 0.214. The Labute approximate surface area is 123 Å². The Morgan fingerprint density at radius 2 is 2.16 bits per heavy atom. The number of H-pyrrole nitrogens is 1. The number of aromatic amines is 1. The van der Waals surface area contributed by atoms with E-state index in [1.54, 1.807) is 6.07 Å². The second kappa shape index (κ2) is 4.66. The normalized spacial score (nSPS) is 11.6. The van der Waals surface area contributed by atoms with Gasteiger partial charge in [0.2, 0.25) is 0 Å². The molecule has 0 saturated heterocycles. The summed E-state index contributed by atoms with van der Waals surface area (Å²) >= 11 is 12.8. The highest BCUT2D eigenvalue weighted by Gasteiger charge is 2.18. The number of rotatable bonds is 2. The molecule has 2 heterocycles. The lowest BCUT2D eigenvalue weighted by atomic mass is 10.2. The Morgan fingerprint density at radius 1 is 1.37 bits per heavy atom. The van der Waals surface area contributed by atoms with Crippen molar-refractivity contribution in [2.45, 2.75) is 19.8 Å². The van der Waals surface area contributed by atoms with Gasteiger partial charge in [0.15, 0.2) is 4.77 Å². The van der Waals surface area contributed by atoms with Gasteiger partial charge >= 0.3 is 0 Å². The highest BCUT2D eigenvalue weighted by molar-refractivity contribution is 7.71. The molecule has 0 fully saturated rings. The first-order chi connectivity index (χ1) is 9.09. The molecule has 5 nitrogen and oxygen atoms in total. The third-order valence-corrected chi connectivity index (χ3v) is 3.91. The smallest absolute Gasteiger partial charge is 0.200 e. The molecule has 98 valence electrons. The summed E-state index contributed by atoms with van der Waals surface area (Å²) in [5.41, 5.74) is 2.30. The molecule has 2 aromatic heterocycles. The van der Waals surface area contributed by atoms with Crippen molar-refractivity contribution < 1.29 is 0 Å². The Morgan fingerprint density at radius 3 is 2.89 bits per heavy atom. The molecule has 8 heteroatoms. The molecule has 3 aromatic rings. The standard InChI is InChI=1S/C11H10ClN5S2/c1-5(2)10-13-14-11(18)17(10)9-6(12)3-4-7-8(9)16-19-15-7/h3-5H,1-2H3,(H,14,18). The van der Waals surface area contributed by atoms with Gasteiger partial charge in [-0.05, 0) is 24.4 Å². The summed E-state index contributed by atoms with van der Waals surface area (Å²) in [5, 5.41) is 7.66. The highest BCUT2D eigenvalue weighted by atomic mass is 35.5. The lowest BCUT2D eigenvalue weighted by Gasteiger charge is -2.11.